The van der Waals surface area contributed by atoms with E-state index in [-0.39, 0.29) is 6.42 Å². The van der Waals surface area contributed by atoms with Crippen molar-refractivity contribution < 1.29 is 13.2 Å². The van der Waals surface area contributed by atoms with Crippen molar-refractivity contribution in [3.05, 3.63) is 0 Å². The van der Waals surface area contributed by atoms with Crippen LogP contribution in [-0.4, -0.2) is 18.8 Å². The van der Waals surface area contributed by atoms with Gasteiger partial charge in [0.05, 0.1) is 0 Å². The minimum Gasteiger partial charge on any atom is -0.314 e. The van der Waals surface area contributed by atoms with Crippen molar-refractivity contribution in [2.24, 2.45) is 5.92 Å². The summed E-state index contributed by atoms with van der Waals surface area (Å²) in [6.07, 6.45) is -1.64. The smallest absolute Gasteiger partial charge is 0.314 e. The van der Waals surface area contributed by atoms with Gasteiger partial charge in [0, 0.05) is 12.5 Å². The lowest BCUT2D eigenvalue weighted by molar-refractivity contribution is -0.136. The van der Waals surface area contributed by atoms with E-state index in [0.717, 1.165) is 19.4 Å². The summed E-state index contributed by atoms with van der Waals surface area (Å²) < 4.78 is 36.0. The van der Waals surface area contributed by atoms with Crippen molar-refractivity contribution in [3.63, 3.8) is 0 Å². The molecule has 98 valence electrons. The molecule has 0 radical (unpaired) electrons. The first-order valence-electron chi connectivity index (χ1n) is 6.20. The molecule has 2 atom stereocenters. The molecule has 0 aliphatic rings. The zero-order valence-electron chi connectivity index (χ0n) is 10.5. The van der Waals surface area contributed by atoms with Gasteiger partial charge < -0.3 is 5.32 Å². The maximum absolute atomic E-state index is 12.0. The molecule has 0 aromatic carbocycles. The fraction of sp³-hybridized carbons (Fsp3) is 1.00. The van der Waals surface area contributed by atoms with Gasteiger partial charge in [-0.25, -0.2) is 0 Å². The topological polar surface area (TPSA) is 12.0 Å². The van der Waals surface area contributed by atoms with Crippen LogP contribution in [0.5, 0.6) is 0 Å². The highest BCUT2D eigenvalue weighted by molar-refractivity contribution is 4.72. The van der Waals surface area contributed by atoms with Crippen LogP contribution in [0.3, 0.4) is 0 Å². The maximum Gasteiger partial charge on any atom is 0.389 e. The third-order valence-electron chi connectivity index (χ3n) is 2.87. The molecule has 0 saturated heterocycles. The standard InChI is InChI=1S/C12H24F3N/c1-4-7-11(16-5-2)10(3)8-6-9-12(13,14)15/h10-11,16H,4-9H2,1-3H3. The molecule has 0 aromatic heterocycles. The van der Waals surface area contributed by atoms with E-state index >= 15 is 0 Å². The van der Waals surface area contributed by atoms with Crippen LogP contribution in [-0.2, 0) is 0 Å². The molecule has 0 aliphatic heterocycles. The molecule has 1 nitrogen and oxygen atoms in total. The summed E-state index contributed by atoms with van der Waals surface area (Å²) in [5, 5.41) is 3.35. The molecule has 0 heterocycles. The Hall–Kier alpha value is -0.250. The van der Waals surface area contributed by atoms with Crippen LogP contribution in [0.4, 0.5) is 13.2 Å². The Bertz CT molecular complexity index is 162. The van der Waals surface area contributed by atoms with Gasteiger partial charge in [-0.2, -0.15) is 13.2 Å². The number of hydrogen-bond donors (Lipinski definition) is 1. The molecule has 0 amide bonds. The van der Waals surface area contributed by atoms with Crippen LogP contribution >= 0.6 is 0 Å². The van der Waals surface area contributed by atoms with Gasteiger partial charge in [0.25, 0.3) is 0 Å². The van der Waals surface area contributed by atoms with Crippen molar-refractivity contribution in [1.82, 2.24) is 5.32 Å². The molecule has 1 N–H and O–H groups in total. The molecule has 0 fully saturated rings. The van der Waals surface area contributed by atoms with Gasteiger partial charge >= 0.3 is 6.18 Å². The second-order valence-corrected chi connectivity index (χ2v) is 4.44. The lowest BCUT2D eigenvalue weighted by Gasteiger charge is -2.24. The minimum atomic E-state index is -4.00. The van der Waals surface area contributed by atoms with E-state index in [4.69, 9.17) is 0 Å². The van der Waals surface area contributed by atoms with Crippen LogP contribution < -0.4 is 5.32 Å². The Kier molecular flexibility index (Phi) is 7.81. The van der Waals surface area contributed by atoms with Gasteiger partial charge in [0.1, 0.15) is 0 Å². The normalized spacial score (nSPS) is 16.1. The highest BCUT2D eigenvalue weighted by Crippen LogP contribution is 2.25. The van der Waals surface area contributed by atoms with Crippen LogP contribution in [0.2, 0.25) is 0 Å². The van der Waals surface area contributed by atoms with E-state index in [9.17, 15) is 13.2 Å². The van der Waals surface area contributed by atoms with Crippen molar-refractivity contribution in [1.29, 1.82) is 0 Å². The third kappa shape index (κ3) is 7.97. The number of rotatable bonds is 8. The summed E-state index contributed by atoms with van der Waals surface area (Å²) in [5.74, 6) is 0.322. The molecule has 0 rings (SSSR count). The fourth-order valence-electron chi connectivity index (χ4n) is 1.99. The summed E-state index contributed by atoms with van der Waals surface area (Å²) in [7, 11) is 0. The van der Waals surface area contributed by atoms with Crippen molar-refractivity contribution in [2.45, 2.75) is 65.1 Å². The fourth-order valence-corrected chi connectivity index (χ4v) is 1.99. The van der Waals surface area contributed by atoms with E-state index in [2.05, 4.69) is 12.2 Å². The van der Waals surface area contributed by atoms with Gasteiger partial charge in [-0.3, -0.25) is 0 Å². The third-order valence-corrected chi connectivity index (χ3v) is 2.87. The summed E-state index contributed by atoms with van der Waals surface area (Å²) in [4.78, 5) is 0. The van der Waals surface area contributed by atoms with E-state index in [1.165, 1.54) is 0 Å². The molecule has 16 heavy (non-hydrogen) atoms. The quantitative estimate of drug-likeness (QED) is 0.671. The Morgan fingerprint density at radius 2 is 1.75 bits per heavy atom. The SMILES string of the molecule is CCCC(NCC)C(C)CCCC(F)(F)F. The maximum atomic E-state index is 12.0. The first-order valence-corrected chi connectivity index (χ1v) is 6.20. The Labute approximate surface area is 96.8 Å². The molecule has 0 aromatic rings. The Morgan fingerprint density at radius 1 is 1.12 bits per heavy atom. The second-order valence-electron chi connectivity index (χ2n) is 4.44. The van der Waals surface area contributed by atoms with E-state index in [0.29, 0.717) is 18.4 Å². The Balaban J connectivity index is 3.86. The van der Waals surface area contributed by atoms with E-state index in [1.54, 1.807) is 0 Å². The number of hydrogen-bond acceptors (Lipinski definition) is 1. The van der Waals surface area contributed by atoms with Gasteiger partial charge in [-0.1, -0.05) is 27.2 Å². The summed E-state index contributed by atoms with van der Waals surface area (Å²) in [5.41, 5.74) is 0. The second kappa shape index (κ2) is 7.93. The van der Waals surface area contributed by atoms with Gasteiger partial charge in [0.2, 0.25) is 0 Å². The number of halogens is 3. The highest BCUT2D eigenvalue weighted by Gasteiger charge is 2.27. The first kappa shape index (κ1) is 15.8. The predicted molar refractivity (Wildman–Crippen MR) is 61.4 cm³/mol. The zero-order valence-corrected chi connectivity index (χ0v) is 10.5. The van der Waals surface area contributed by atoms with Crippen LogP contribution in [0.25, 0.3) is 0 Å². The van der Waals surface area contributed by atoms with Gasteiger partial charge in [-0.15, -0.1) is 0 Å². The molecule has 0 aliphatic carbocycles. The van der Waals surface area contributed by atoms with E-state index < -0.39 is 12.6 Å². The lowest BCUT2D eigenvalue weighted by Crippen LogP contribution is -2.34. The van der Waals surface area contributed by atoms with Crippen LogP contribution in [0.15, 0.2) is 0 Å². The number of nitrogens with one attached hydrogen (secondary N) is 1. The molecule has 0 bridgehead atoms. The molecule has 0 spiro atoms. The van der Waals surface area contributed by atoms with Crippen LogP contribution in [0.1, 0.15) is 52.9 Å². The average Bonchev–Trinajstić information content (AvgIpc) is 2.15. The summed E-state index contributed by atoms with van der Waals surface area (Å²) in [6, 6.07) is 0.364. The summed E-state index contributed by atoms with van der Waals surface area (Å²) in [6.45, 7) is 7.06. The van der Waals surface area contributed by atoms with E-state index in [1.807, 2.05) is 13.8 Å². The van der Waals surface area contributed by atoms with Gasteiger partial charge in [0.15, 0.2) is 0 Å². The van der Waals surface area contributed by atoms with Crippen molar-refractivity contribution in [2.75, 3.05) is 6.54 Å². The van der Waals surface area contributed by atoms with Crippen molar-refractivity contribution >= 4 is 0 Å². The lowest BCUT2D eigenvalue weighted by atomic mass is 9.92. The Morgan fingerprint density at radius 3 is 2.19 bits per heavy atom. The number of alkyl halides is 3. The highest BCUT2D eigenvalue weighted by atomic mass is 19.4. The minimum absolute atomic E-state index is 0.246. The summed E-state index contributed by atoms with van der Waals surface area (Å²) >= 11 is 0. The average molecular weight is 239 g/mol. The molecule has 4 heteroatoms. The monoisotopic (exact) mass is 239 g/mol. The molecule has 2 unspecified atom stereocenters. The van der Waals surface area contributed by atoms with Crippen molar-refractivity contribution in [3.8, 4) is 0 Å². The predicted octanol–water partition coefficient (Wildman–Crippen LogP) is 4.13. The zero-order chi connectivity index (χ0) is 12.6. The van der Waals surface area contributed by atoms with Crippen LogP contribution in [0, 0.1) is 5.92 Å². The first-order chi connectivity index (χ1) is 7.40. The molecular formula is C12H24F3N. The molecular weight excluding hydrogens is 215 g/mol. The van der Waals surface area contributed by atoms with Gasteiger partial charge in [-0.05, 0) is 31.7 Å². The molecule has 0 saturated carbocycles. The largest absolute Gasteiger partial charge is 0.389 e.